The number of rotatable bonds is 5. The summed E-state index contributed by atoms with van der Waals surface area (Å²) in [5, 5.41) is 0. The molecule has 1 saturated heterocycles. The topological polar surface area (TPSA) is 76.2 Å². The molecule has 0 unspecified atom stereocenters. The monoisotopic (exact) mass is 408 g/mol. The van der Waals surface area contributed by atoms with Crippen LogP contribution in [0.1, 0.15) is 39.1 Å². The highest BCUT2D eigenvalue weighted by Gasteiger charge is 2.26. The summed E-state index contributed by atoms with van der Waals surface area (Å²) in [4.78, 5) is 41.0. The Bertz CT molecular complexity index is 962. The minimum atomic E-state index is -0.0880. The van der Waals surface area contributed by atoms with E-state index in [4.69, 9.17) is 9.47 Å². The first-order valence-corrected chi connectivity index (χ1v) is 10.1. The lowest BCUT2D eigenvalue weighted by Gasteiger charge is -2.35. The van der Waals surface area contributed by atoms with Gasteiger partial charge in [0.25, 0.3) is 5.91 Å². The zero-order valence-electron chi connectivity index (χ0n) is 16.9. The minimum Gasteiger partial charge on any atom is -0.454 e. The van der Waals surface area contributed by atoms with Crippen molar-refractivity contribution in [2.45, 2.75) is 19.8 Å². The van der Waals surface area contributed by atoms with E-state index in [1.807, 2.05) is 19.1 Å². The Morgan fingerprint density at radius 3 is 2.17 bits per heavy atom. The molecule has 0 N–H and O–H groups in total. The number of carbonyl (C=O) groups is 3. The number of ketones is 1. The van der Waals surface area contributed by atoms with Crippen molar-refractivity contribution in [1.82, 2.24) is 9.80 Å². The summed E-state index contributed by atoms with van der Waals surface area (Å²) >= 11 is 0. The van der Waals surface area contributed by atoms with E-state index in [9.17, 15) is 14.4 Å². The van der Waals surface area contributed by atoms with Crippen LogP contribution in [0.3, 0.4) is 0 Å². The van der Waals surface area contributed by atoms with Gasteiger partial charge in [0.1, 0.15) is 0 Å². The molecule has 2 aliphatic heterocycles. The highest BCUT2D eigenvalue weighted by atomic mass is 16.7. The largest absolute Gasteiger partial charge is 0.454 e. The van der Waals surface area contributed by atoms with E-state index in [2.05, 4.69) is 0 Å². The van der Waals surface area contributed by atoms with Crippen molar-refractivity contribution < 1.29 is 23.9 Å². The van der Waals surface area contributed by atoms with Crippen molar-refractivity contribution in [1.29, 1.82) is 0 Å². The Hall–Kier alpha value is -3.35. The maximum atomic E-state index is 12.8. The number of benzene rings is 2. The Kier molecular flexibility index (Phi) is 5.70. The van der Waals surface area contributed by atoms with Gasteiger partial charge in [-0.3, -0.25) is 14.4 Å². The quantitative estimate of drug-likeness (QED) is 0.711. The molecular weight excluding hydrogens is 384 g/mol. The molecule has 0 aromatic heterocycles. The van der Waals surface area contributed by atoms with E-state index < -0.39 is 0 Å². The summed E-state index contributed by atoms with van der Waals surface area (Å²) in [5.41, 5.74) is 2.27. The number of amides is 2. The highest BCUT2D eigenvalue weighted by molar-refractivity contribution is 5.98. The molecule has 0 saturated carbocycles. The average molecular weight is 408 g/mol. The zero-order valence-corrected chi connectivity index (χ0v) is 16.9. The van der Waals surface area contributed by atoms with Crippen molar-refractivity contribution >= 4 is 17.6 Å². The van der Waals surface area contributed by atoms with Crippen LogP contribution in [0.25, 0.3) is 0 Å². The second-order valence-electron chi connectivity index (χ2n) is 7.53. The summed E-state index contributed by atoms with van der Waals surface area (Å²) in [5.74, 6) is 1.05. The minimum absolute atomic E-state index is 0.0278. The first-order chi connectivity index (χ1) is 14.5. The maximum Gasteiger partial charge on any atom is 0.254 e. The van der Waals surface area contributed by atoms with Crippen LogP contribution in [-0.4, -0.2) is 60.4 Å². The first-order valence-electron chi connectivity index (χ1n) is 10.1. The number of hydrogen-bond acceptors (Lipinski definition) is 5. The molecule has 1 fully saturated rings. The molecule has 0 aliphatic carbocycles. The molecule has 2 aromatic carbocycles. The van der Waals surface area contributed by atoms with E-state index in [1.54, 1.807) is 40.1 Å². The van der Waals surface area contributed by atoms with Crippen LogP contribution in [0.4, 0.5) is 0 Å². The van der Waals surface area contributed by atoms with Crippen LogP contribution in [0.5, 0.6) is 11.5 Å². The molecule has 0 radical (unpaired) electrons. The highest BCUT2D eigenvalue weighted by Crippen LogP contribution is 2.32. The lowest BCUT2D eigenvalue weighted by molar-refractivity contribution is -0.132. The van der Waals surface area contributed by atoms with Gasteiger partial charge in [-0.25, -0.2) is 0 Å². The molecular formula is C23H24N2O5. The second kappa shape index (κ2) is 8.57. The Labute approximate surface area is 175 Å². The third-order valence-electron chi connectivity index (χ3n) is 5.48. The Morgan fingerprint density at radius 2 is 1.43 bits per heavy atom. The van der Waals surface area contributed by atoms with Crippen LogP contribution >= 0.6 is 0 Å². The number of hydrogen-bond donors (Lipinski definition) is 0. The fourth-order valence-electron chi connectivity index (χ4n) is 3.63. The summed E-state index contributed by atoms with van der Waals surface area (Å²) in [6.07, 6.45) is 0.376. The predicted octanol–water partition coefficient (Wildman–Crippen LogP) is 2.67. The number of carbonyl (C=O) groups excluding carboxylic acids is 3. The van der Waals surface area contributed by atoms with Crippen molar-refractivity contribution in [3.63, 3.8) is 0 Å². The van der Waals surface area contributed by atoms with Crippen LogP contribution in [0, 0.1) is 6.92 Å². The average Bonchev–Trinajstić information content (AvgIpc) is 3.25. The van der Waals surface area contributed by atoms with Gasteiger partial charge in [-0.1, -0.05) is 29.8 Å². The smallest absolute Gasteiger partial charge is 0.254 e. The first kappa shape index (κ1) is 19.9. The van der Waals surface area contributed by atoms with E-state index in [0.717, 1.165) is 5.56 Å². The number of aryl methyl sites for hydroxylation is 1. The normalized spacial score (nSPS) is 15.2. The van der Waals surface area contributed by atoms with Crippen LogP contribution in [0.2, 0.25) is 0 Å². The van der Waals surface area contributed by atoms with Gasteiger partial charge in [0.2, 0.25) is 12.7 Å². The molecule has 2 aliphatic rings. The molecule has 2 heterocycles. The second-order valence-corrected chi connectivity index (χ2v) is 7.53. The van der Waals surface area contributed by atoms with E-state index in [-0.39, 0.29) is 37.2 Å². The van der Waals surface area contributed by atoms with Crippen molar-refractivity contribution in [3.8, 4) is 11.5 Å². The van der Waals surface area contributed by atoms with Crippen LogP contribution in [0.15, 0.2) is 42.5 Å². The summed E-state index contributed by atoms with van der Waals surface area (Å²) < 4.78 is 10.6. The van der Waals surface area contributed by atoms with Gasteiger partial charge in [-0.05, 0) is 25.1 Å². The number of Topliss-reactive ketones (excluding diaryl/α,β-unsaturated/α-hetero) is 1. The fraction of sp³-hybridized carbons (Fsp3) is 0.348. The van der Waals surface area contributed by atoms with Gasteiger partial charge in [0.05, 0.1) is 0 Å². The molecule has 0 spiro atoms. The summed E-state index contributed by atoms with van der Waals surface area (Å²) in [6, 6.07) is 12.5. The summed E-state index contributed by atoms with van der Waals surface area (Å²) in [7, 11) is 0. The van der Waals surface area contributed by atoms with E-state index in [1.165, 1.54) is 0 Å². The van der Waals surface area contributed by atoms with Crippen molar-refractivity contribution in [2.75, 3.05) is 33.0 Å². The molecule has 2 aromatic rings. The predicted molar refractivity (Wildman–Crippen MR) is 110 cm³/mol. The standard InChI is InChI=1S/C23H24N2O5/c1-16-2-4-17(5-3-16)19(26)7-9-22(27)24-10-12-25(13-11-24)23(28)18-6-8-20-21(14-18)30-15-29-20/h2-6,8,14H,7,9-13,15H2,1H3. The fourth-order valence-corrected chi connectivity index (χ4v) is 3.63. The van der Waals surface area contributed by atoms with E-state index >= 15 is 0 Å². The van der Waals surface area contributed by atoms with Crippen LogP contribution < -0.4 is 9.47 Å². The third-order valence-corrected chi connectivity index (χ3v) is 5.48. The molecule has 2 amide bonds. The van der Waals surface area contributed by atoms with Gasteiger partial charge >= 0.3 is 0 Å². The van der Waals surface area contributed by atoms with Gasteiger partial charge in [0, 0.05) is 50.1 Å². The van der Waals surface area contributed by atoms with Gasteiger partial charge in [0.15, 0.2) is 17.3 Å². The number of fused-ring (bicyclic) bond motifs is 1. The lowest BCUT2D eigenvalue weighted by atomic mass is 10.0. The lowest BCUT2D eigenvalue weighted by Crippen LogP contribution is -2.50. The Morgan fingerprint density at radius 1 is 0.800 bits per heavy atom. The molecule has 0 atom stereocenters. The van der Waals surface area contributed by atoms with E-state index in [0.29, 0.717) is 48.8 Å². The molecule has 156 valence electrons. The molecule has 30 heavy (non-hydrogen) atoms. The number of piperazine rings is 1. The maximum absolute atomic E-state index is 12.8. The summed E-state index contributed by atoms with van der Waals surface area (Å²) in [6.45, 7) is 3.99. The SMILES string of the molecule is Cc1ccc(C(=O)CCC(=O)N2CCN(C(=O)c3ccc4c(c3)OCO4)CC2)cc1. The number of nitrogens with zero attached hydrogens (tertiary/aromatic N) is 2. The Balaban J connectivity index is 1.26. The van der Waals surface area contributed by atoms with Gasteiger partial charge in [-0.2, -0.15) is 0 Å². The van der Waals surface area contributed by atoms with Gasteiger partial charge in [-0.15, -0.1) is 0 Å². The van der Waals surface area contributed by atoms with Gasteiger partial charge < -0.3 is 19.3 Å². The zero-order chi connectivity index (χ0) is 21.1. The molecule has 7 nitrogen and oxygen atoms in total. The van der Waals surface area contributed by atoms with Crippen molar-refractivity contribution in [2.24, 2.45) is 0 Å². The number of ether oxygens (including phenoxy) is 2. The third kappa shape index (κ3) is 4.30. The van der Waals surface area contributed by atoms with Crippen LogP contribution in [-0.2, 0) is 4.79 Å². The molecule has 7 heteroatoms. The molecule has 4 rings (SSSR count). The van der Waals surface area contributed by atoms with Crippen molar-refractivity contribution in [3.05, 3.63) is 59.2 Å². The molecule has 0 bridgehead atoms.